The molecular weight excluding hydrogens is 250 g/mol. The van der Waals surface area contributed by atoms with E-state index in [1.807, 2.05) is 6.92 Å². The Morgan fingerprint density at radius 2 is 1.83 bits per heavy atom. The lowest BCUT2D eigenvalue weighted by molar-refractivity contribution is -0.110. The average molecular weight is 269 g/mol. The smallest absolute Gasteiger partial charge is 0.243 e. The van der Waals surface area contributed by atoms with Gasteiger partial charge in [-0.25, -0.2) is 8.42 Å². The molecule has 0 amide bonds. The quantitative estimate of drug-likeness (QED) is 0.740. The van der Waals surface area contributed by atoms with E-state index in [0.717, 1.165) is 11.8 Å². The Balaban J connectivity index is 3.03. The van der Waals surface area contributed by atoms with Crippen molar-refractivity contribution in [3.05, 3.63) is 29.8 Å². The largest absolute Gasteiger partial charge is 0.303 e. The molecule has 0 spiro atoms. The van der Waals surface area contributed by atoms with Crippen LogP contribution in [0.5, 0.6) is 0 Å². The van der Waals surface area contributed by atoms with Crippen molar-refractivity contribution in [2.75, 3.05) is 13.1 Å². The highest BCUT2D eigenvalue weighted by Gasteiger charge is 2.24. The Morgan fingerprint density at radius 1 is 1.28 bits per heavy atom. The van der Waals surface area contributed by atoms with Crippen molar-refractivity contribution in [1.29, 1.82) is 0 Å². The third-order valence-electron chi connectivity index (χ3n) is 2.74. The van der Waals surface area contributed by atoms with Crippen LogP contribution in [-0.2, 0) is 14.8 Å². The molecule has 4 nitrogen and oxygen atoms in total. The molecule has 5 heteroatoms. The van der Waals surface area contributed by atoms with Crippen LogP contribution in [0.15, 0.2) is 29.2 Å². The zero-order chi connectivity index (χ0) is 13.8. The van der Waals surface area contributed by atoms with Gasteiger partial charge >= 0.3 is 0 Å². The number of hydrogen-bond donors (Lipinski definition) is 0. The van der Waals surface area contributed by atoms with Crippen LogP contribution in [0.25, 0.3) is 0 Å². The van der Waals surface area contributed by atoms with Gasteiger partial charge in [-0.15, -0.1) is 0 Å². The molecular formula is C13H19NO3S. The molecule has 0 heterocycles. The first-order valence-corrected chi connectivity index (χ1v) is 7.38. The summed E-state index contributed by atoms with van der Waals surface area (Å²) < 4.78 is 26.0. The van der Waals surface area contributed by atoms with Gasteiger partial charge in [-0.2, -0.15) is 4.31 Å². The second-order valence-corrected chi connectivity index (χ2v) is 6.32. The molecule has 0 aliphatic rings. The molecule has 1 rings (SSSR count). The fourth-order valence-electron chi connectivity index (χ4n) is 1.62. The number of nitrogens with zero attached hydrogens (tertiary/aromatic N) is 1. The summed E-state index contributed by atoms with van der Waals surface area (Å²) in [6.07, 6.45) is 0.771. The van der Waals surface area contributed by atoms with Gasteiger partial charge in [0.25, 0.3) is 0 Å². The average Bonchev–Trinajstić information content (AvgIpc) is 2.35. The number of hydrogen-bond acceptors (Lipinski definition) is 3. The molecule has 1 atom stereocenters. The summed E-state index contributed by atoms with van der Waals surface area (Å²) in [5, 5.41) is 0. The van der Waals surface area contributed by atoms with Gasteiger partial charge in [-0.3, -0.25) is 0 Å². The monoisotopic (exact) mass is 269 g/mol. The highest BCUT2D eigenvalue weighted by molar-refractivity contribution is 7.89. The maximum absolute atomic E-state index is 12.3. The molecule has 1 aromatic carbocycles. The molecule has 1 unspecified atom stereocenters. The van der Waals surface area contributed by atoms with Gasteiger partial charge < -0.3 is 4.79 Å². The predicted molar refractivity (Wildman–Crippen MR) is 70.8 cm³/mol. The SMILES string of the molecule is CCN(CC(C)C=O)S(=O)(=O)c1ccc(C)cc1. The molecule has 1 aromatic rings. The number of carbonyl (C=O) groups excluding carboxylic acids is 1. The van der Waals surface area contributed by atoms with E-state index in [1.165, 1.54) is 4.31 Å². The van der Waals surface area contributed by atoms with E-state index in [-0.39, 0.29) is 17.4 Å². The molecule has 0 radical (unpaired) electrons. The van der Waals surface area contributed by atoms with Crippen LogP contribution < -0.4 is 0 Å². The van der Waals surface area contributed by atoms with Crippen molar-refractivity contribution in [1.82, 2.24) is 4.31 Å². The third kappa shape index (κ3) is 3.40. The summed E-state index contributed by atoms with van der Waals surface area (Å²) in [6, 6.07) is 6.73. The van der Waals surface area contributed by atoms with Crippen molar-refractivity contribution < 1.29 is 13.2 Å². The van der Waals surface area contributed by atoms with E-state index < -0.39 is 10.0 Å². The fourth-order valence-corrected chi connectivity index (χ4v) is 3.17. The molecule has 100 valence electrons. The molecule has 0 bridgehead atoms. The molecule has 0 saturated carbocycles. The van der Waals surface area contributed by atoms with Gasteiger partial charge in [-0.1, -0.05) is 31.5 Å². The Bertz CT molecular complexity index is 493. The van der Waals surface area contributed by atoms with Gasteiger partial charge in [0.05, 0.1) is 4.90 Å². The minimum Gasteiger partial charge on any atom is -0.303 e. The van der Waals surface area contributed by atoms with Crippen LogP contribution in [0, 0.1) is 12.8 Å². The molecule has 0 aliphatic heterocycles. The van der Waals surface area contributed by atoms with Crippen LogP contribution in [0.4, 0.5) is 0 Å². The van der Waals surface area contributed by atoms with Crippen LogP contribution in [-0.4, -0.2) is 32.1 Å². The predicted octanol–water partition coefficient (Wildman–Crippen LogP) is 1.84. The summed E-state index contributed by atoms with van der Waals surface area (Å²) in [6.45, 7) is 5.95. The second-order valence-electron chi connectivity index (χ2n) is 4.38. The van der Waals surface area contributed by atoms with Gasteiger partial charge in [0, 0.05) is 19.0 Å². The summed E-state index contributed by atoms with van der Waals surface area (Å²) in [5.74, 6) is -0.301. The van der Waals surface area contributed by atoms with Crippen LogP contribution >= 0.6 is 0 Å². The Hall–Kier alpha value is -1.20. The number of rotatable bonds is 6. The Morgan fingerprint density at radius 3 is 2.28 bits per heavy atom. The van der Waals surface area contributed by atoms with E-state index in [0.29, 0.717) is 6.54 Å². The van der Waals surface area contributed by atoms with E-state index in [1.54, 1.807) is 38.1 Å². The lowest BCUT2D eigenvalue weighted by atomic mass is 10.2. The summed E-state index contributed by atoms with van der Waals surface area (Å²) in [5.41, 5.74) is 1.01. The standard InChI is InChI=1S/C13H19NO3S/c1-4-14(9-12(3)10-15)18(16,17)13-7-5-11(2)6-8-13/h5-8,10,12H,4,9H2,1-3H3. The van der Waals surface area contributed by atoms with E-state index in [4.69, 9.17) is 0 Å². The van der Waals surface area contributed by atoms with E-state index >= 15 is 0 Å². The van der Waals surface area contributed by atoms with Gasteiger partial charge in [-0.05, 0) is 19.1 Å². The highest BCUT2D eigenvalue weighted by atomic mass is 32.2. The summed E-state index contributed by atoms with van der Waals surface area (Å²) in [4.78, 5) is 10.9. The highest BCUT2D eigenvalue weighted by Crippen LogP contribution is 2.17. The van der Waals surface area contributed by atoms with Crippen LogP contribution in [0.3, 0.4) is 0 Å². The number of sulfonamides is 1. The number of carbonyl (C=O) groups is 1. The zero-order valence-electron chi connectivity index (χ0n) is 11.0. The molecule has 18 heavy (non-hydrogen) atoms. The number of aldehydes is 1. The topological polar surface area (TPSA) is 54.5 Å². The number of aryl methyl sites for hydroxylation is 1. The summed E-state index contributed by atoms with van der Waals surface area (Å²) >= 11 is 0. The maximum Gasteiger partial charge on any atom is 0.243 e. The third-order valence-corrected chi connectivity index (χ3v) is 4.69. The first-order valence-electron chi connectivity index (χ1n) is 5.94. The normalized spacial score (nSPS) is 13.6. The van der Waals surface area contributed by atoms with Crippen molar-refractivity contribution in [2.45, 2.75) is 25.7 Å². The van der Waals surface area contributed by atoms with Gasteiger partial charge in [0.2, 0.25) is 10.0 Å². The molecule has 0 N–H and O–H groups in total. The van der Waals surface area contributed by atoms with Crippen molar-refractivity contribution in [2.24, 2.45) is 5.92 Å². The Labute approximate surface area is 109 Å². The van der Waals surface area contributed by atoms with Crippen molar-refractivity contribution >= 4 is 16.3 Å². The minimum absolute atomic E-state index is 0.218. The first kappa shape index (κ1) is 14.9. The lowest BCUT2D eigenvalue weighted by Crippen LogP contribution is -2.35. The van der Waals surface area contributed by atoms with E-state index in [2.05, 4.69) is 0 Å². The molecule has 0 aliphatic carbocycles. The van der Waals surface area contributed by atoms with Crippen molar-refractivity contribution in [3.63, 3.8) is 0 Å². The van der Waals surface area contributed by atoms with Crippen LogP contribution in [0.1, 0.15) is 19.4 Å². The fraction of sp³-hybridized carbons (Fsp3) is 0.462. The molecule has 0 saturated heterocycles. The van der Waals surface area contributed by atoms with Crippen LogP contribution in [0.2, 0.25) is 0 Å². The first-order chi connectivity index (χ1) is 8.41. The number of benzene rings is 1. The summed E-state index contributed by atoms with van der Waals surface area (Å²) in [7, 11) is -3.50. The van der Waals surface area contributed by atoms with Gasteiger partial charge in [0.1, 0.15) is 6.29 Å². The molecule has 0 aromatic heterocycles. The zero-order valence-corrected chi connectivity index (χ0v) is 11.8. The van der Waals surface area contributed by atoms with Crippen molar-refractivity contribution in [3.8, 4) is 0 Å². The van der Waals surface area contributed by atoms with Gasteiger partial charge in [0.15, 0.2) is 0 Å². The van der Waals surface area contributed by atoms with E-state index in [9.17, 15) is 13.2 Å². The Kier molecular flexibility index (Phi) is 5.04. The second kappa shape index (κ2) is 6.11. The maximum atomic E-state index is 12.3. The minimum atomic E-state index is -3.50. The lowest BCUT2D eigenvalue weighted by Gasteiger charge is -2.21. The molecule has 0 fully saturated rings.